The van der Waals surface area contributed by atoms with Crippen molar-refractivity contribution in [1.82, 2.24) is 4.90 Å². The Kier molecular flexibility index (Phi) is 5.55. The van der Waals surface area contributed by atoms with E-state index >= 15 is 0 Å². The molecular formula is C18H19BrN2O2. The van der Waals surface area contributed by atoms with E-state index in [2.05, 4.69) is 15.9 Å². The molecule has 4 nitrogen and oxygen atoms in total. The topological polar surface area (TPSA) is 63.4 Å². The van der Waals surface area contributed by atoms with Crippen LogP contribution in [-0.4, -0.2) is 23.8 Å². The number of carbonyl (C=O) groups excluding carboxylic acids is 2. The maximum atomic E-state index is 12.5. The molecule has 0 saturated heterocycles. The van der Waals surface area contributed by atoms with Crippen molar-refractivity contribution < 1.29 is 9.59 Å². The summed E-state index contributed by atoms with van der Waals surface area (Å²) in [6.07, 6.45) is 0.231. The van der Waals surface area contributed by atoms with Gasteiger partial charge in [0.25, 0.3) is 0 Å². The third kappa shape index (κ3) is 4.42. The SMILES string of the molecule is Cc1ccc(CC(=O)N(C)[C@H](C(N)=O)c2cccc(Br)c2)cc1. The number of rotatable bonds is 5. The molecular weight excluding hydrogens is 356 g/mol. The molecule has 1 atom stereocenters. The zero-order chi connectivity index (χ0) is 17.0. The van der Waals surface area contributed by atoms with Crippen LogP contribution in [0.4, 0.5) is 0 Å². The first-order valence-electron chi connectivity index (χ1n) is 7.24. The lowest BCUT2D eigenvalue weighted by atomic mass is 10.0. The first-order chi connectivity index (χ1) is 10.9. The van der Waals surface area contributed by atoms with Crippen molar-refractivity contribution in [1.29, 1.82) is 0 Å². The summed E-state index contributed by atoms with van der Waals surface area (Å²) in [4.78, 5) is 25.8. The Hall–Kier alpha value is -2.14. The zero-order valence-electron chi connectivity index (χ0n) is 13.1. The van der Waals surface area contributed by atoms with Gasteiger partial charge in [0, 0.05) is 11.5 Å². The van der Waals surface area contributed by atoms with Crippen molar-refractivity contribution in [2.24, 2.45) is 5.73 Å². The first kappa shape index (κ1) is 17.2. The normalized spacial score (nSPS) is 11.8. The molecule has 0 fully saturated rings. The van der Waals surface area contributed by atoms with Gasteiger partial charge in [0.1, 0.15) is 6.04 Å². The van der Waals surface area contributed by atoms with Crippen LogP contribution in [-0.2, 0) is 16.0 Å². The fourth-order valence-electron chi connectivity index (χ4n) is 2.40. The van der Waals surface area contributed by atoms with E-state index in [1.807, 2.05) is 43.3 Å². The van der Waals surface area contributed by atoms with Gasteiger partial charge in [-0.3, -0.25) is 9.59 Å². The molecule has 0 bridgehead atoms. The van der Waals surface area contributed by atoms with Crippen molar-refractivity contribution in [2.45, 2.75) is 19.4 Å². The van der Waals surface area contributed by atoms with Crippen LogP contribution >= 0.6 is 15.9 Å². The number of likely N-dealkylation sites (N-methyl/N-ethyl adjacent to an activating group) is 1. The number of amides is 2. The molecule has 2 aromatic carbocycles. The smallest absolute Gasteiger partial charge is 0.244 e. The summed E-state index contributed by atoms with van der Waals surface area (Å²) >= 11 is 3.37. The van der Waals surface area contributed by atoms with Crippen LogP contribution in [0.5, 0.6) is 0 Å². The van der Waals surface area contributed by atoms with Crippen LogP contribution in [0.25, 0.3) is 0 Å². The molecule has 0 heterocycles. The molecule has 0 saturated carbocycles. The Labute approximate surface area is 144 Å². The lowest BCUT2D eigenvalue weighted by molar-refractivity contribution is -0.137. The van der Waals surface area contributed by atoms with Crippen LogP contribution in [0, 0.1) is 6.92 Å². The molecule has 2 rings (SSSR count). The Balaban J connectivity index is 2.20. The number of carbonyl (C=O) groups is 2. The fourth-order valence-corrected chi connectivity index (χ4v) is 2.82. The van der Waals surface area contributed by atoms with E-state index in [1.54, 1.807) is 19.2 Å². The van der Waals surface area contributed by atoms with Crippen molar-refractivity contribution in [3.05, 3.63) is 69.7 Å². The monoisotopic (exact) mass is 374 g/mol. The van der Waals surface area contributed by atoms with Gasteiger partial charge < -0.3 is 10.6 Å². The highest BCUT2D eigenvalue weighted by atomic mass is 79.9. The molecule has 120 valence electrons. The number of nitrogens with two attached hydrogens (primary N) is 1. The van der Waals surface area contributed by atoms with Gasteiger partial charge in [-0.25, -0.2) is 0 Å². The highest BCUT2D eigenvalue weighted by molar-refractivity contribution is 9.10. The van der Waals surface area contributed by atoms with Gasteiger partial charge in [-0.15, -0.1) is 0 Å². The van der Waals surface area contributed by atoms with Crippen LogP contribution in [0.2, 0.25) is 0 Å². The maximum Gasteiger partial charge on any atom is 0.244 e. The lowest BCUT2D eigenvalue weighted by Crippen LogP contribution is -2.39. The highest BCUT2D eigenvalue weighted by Gasteiger charge is 2.26. The van der Waals surface area contributed by atoms with E-state index < -0.39 is 11.9 Å². The summed E-state index contributed by atoms with van der Waals surface area (Å²) in [6, 6.07) is 14.2. The van der Waals surface area contributed by atoms with E-state index in [0.717, 1.165) is 15.6 Å². The van der Waals surface area contributed by atoms with Gasteiger partial charge >= 0.3 is 0 Å². The van der Waals surface area contributed by atoms with Gasteiger partial charge in [-0.05, 0) is 30.2 Å². The van der Waals surface area contributed by atoms with E-state index in [-0.39, 0.29) is 12.3 Å². The van der Waals surface area contributed by atoms with Crippen molar-refractivity contribution in [3.63, 3.8) is 0 Å². The number of aryl methyl sites for hydroxylation is 1. The van der Waals surface area contributed by atoms with Crippen molar-refractivity contribution in [2.75, 3.05) is 7.05 Å². The van der Waals surface area contributed by atoms with E-state index in [0.29, 0.717) is 5.56 Å². The number of hydrogen-bond donors (Lipinski definition) is 1. The molecule has 2 aromatic rings. The minimum Gasteiger partial charge on any atom is -0.368 e. The van der Waals surface area contributed by atoms with Crippen LogP contribution in [0.15, 0.2) is 53.0 Å². The van der Waals surface area contributed by atoms with E-state index in [4.69, 9.17) is 5.73 Å². The summed E-state index contributed by atoms with van der Waals surface area (Å²) in [5.74, 6) is -0.708. The number of benzene rings is 2. The fraction of sp³-hybridized carbons (Fsp3) is 0.222. The van der Waals surface area contributed by atoms with Crippen molar-refractivity contribution in [3.8, 4) is 0 Å². The number of nitrogens with zero attached hydrogens (tertiary/aromatic N) is 1. The Bertz CT molecular complexity index is 713. The van der Waals surface area contributed by atoms with Gasteiger partial charge in [-0.1, -0.05) is 57.9 Å². The maximum absolute atomic E-state index is 12.5. The standard InChI is InChI=1S/C18H19BrN2O2/c1-12-6-8-13(9-7-12)10-16(22)21(2)17(18(20)23)14-4-3-5-15(19)11-14/h3-9,11,17H,10H2,1-2H3,(H2,20,23)/t17-/m0/s1. The van der Waals surface area contributed by atoms with Crippen LogP contribution in [0.3, 0.4) is 0 Å². The Morgan fingerprint density at radius 3 is 2.39 bits per heavy atom. The Morgan fingerprint density at radius 2 is 1.83 bits per heavy atom. The van der Waals surface area contributed by atoms with Gasteiger partial charge in [0.05, 0.1) is 6.42 Å². The molecule has 2 N–H and O–H groups in total. The third-order valence-corrected chi connectivity index (χ3v) is 4.18. The summed E-state index contributed by atoms with van der Waals surface area (Å²) in [5, 5.41) is 0. The molecule has 2 amide bonds. The summed E-state index contributed by atoms with van der Waals surface area (Å²) < 4.78 is 0.834. The quantitative estimate of drug-likeness (QED) is 0.873. The van der Waals surface area contributed by atoms with Gasteiger partial charge in [0.15, 0.2) is 0 Å². The minimum atomic E-state index is -0.787. The second kappa shape index (κ2) is 7.42. The average Bonchev–Trinajstić information content (AvgIpc) is 2.49. The van der Waals surface area contributed by atoms with Gasteiger partial charge in [-0.2, -0.15) is 0 Å². The third-order valence-electron chi connectivity index (χ3n) is 3.69. The van der Waals surface area contributed by atoms with Gasteiger partial charge in [0.2, 0.25) is 11.8 Å². The molecule has 23 heavy (non-hydrogen) atoms. The summed E-state index contributed by atoms with van der Waals surface area (Å²) in [5.41, 5.74) is 8.25. The second-order valence-electron chi connectivity index (χ2n) is 5.53. The number of hydrogen-bond acceptors (Lipinski definition) is 2. The van der Waals surface area contributed by atoms with E-state index in [9.17, 15) is 9.59 Å². The van der Waals surface area contributed by atoms with Crippen LogP contribution < -0.4 is 5.73 Å². The highest BCUT2D eigenvalue weighted by Crippen LogP contribution is 2.23. The number of primary amides is 1. The molecule has 0 aliphatic heterocycles. The first-order valence-corrected chi connectivity index (χ1v) is 8.04. The van der Waals surface area contributed by atoms with Crippen LogP contribution in [0.1, 0.15) is 22.7 Å². The summed E-state index contributed by atoms with van der Waals surface area (Å²) in [6.45, 7) is 1.99. The molecule has 0 aromatic heterocycles. The Morgan fingerprint density at radius 1 is 1.17 bits per heavy atom. The lowest BCUT2D eigenvalue weighted by Gasteiger charge is -2.26. The number of halogens is 1. The average molecular weight is 375 g/mol. The summed E-state index contributed by atoms with van der Waals surface area (Å²) in [7, 11) is 1.60. The molecule has 0 radical (unpaired) electrons. The molecule has 0 spiro atoms. The second-order valence-corrected chi connectivity index (χ2v) is 6.44. The van der Waals surface area contributed by atoms with Crippen molar-refractivity contribution >= 4 is 27.7 Å². The van der Waals surface area contributed by atoms with E-state index in [1.165, 1.54) is 4.90 Å². The zero-order valence-corrected chi connectivity index (χ0v) is 14.7. The minimum absolute atomic E-state index is 0.155. The predicted molar refractivity (Wildman–Crippen MR) is 93.7 cm³/mol. The molecule has 0 aliphatic rings. The predicted octanol–water partition coefficient (Wildman–Crippen LogP) is 2.99. The molecule has 0 unspecified atom stereocenters. The molecule has 0 aliphatic carbocycles. The largest absolute Gasteiger partial charge is 0.368 e. The molecule has 5 heteroatoms.